The number of rotatable bonds is 8. The normalized spacial score (nSPS) is 32.7. The Morgan fingerprint density at radius 2 is 1.67 bits per heavy atom. The lowest BCUT2D eigenvalue weighted by Crippen LogP contribution is -2.51. The summed E-state index contributed by atoms with van der Waals surface area (Å²) in [7, 11) is 0. The average Bonchev–Trinajstić information content (AvgIpc) is 2.37. The maximum atomic E-state index is 9.72. The summed E-state index contributed by atoms with van der Waals surface area (Å²) in [4.78, 5) is 0. The predicted octanol–water partition coefficient (Wildman–Crippen LogP) is 1.52. The summed E-state index contributed by atoms with van der Waals surface area (Å²) < 4.78 is 5.32. The van der Waals surface area contributed by atoms with Gasteiger partial charge in [-0.25, -0.2) is 0 Å². The van der Waals surface area contributed by atoms with Crippen molar-refractivity contribution >= 4 is 11.8 Å². The lowest BCUT2D eigenvalue weighted by molar-refractivity contribution is -0.161. The molecular weight excluding hydrogens is 252 g/mol. The number of unbranched alkanes of at least 4 members (excludes halogenated alkanes) is 5. The molecule has 0 radical (unpaired) electrons. The van der Waals surface area contributed by atoms with E-state index in [1.54, 1.807) is 0 Å². The highest BCUT2D eigenvalue weighted by Crippen LogP contribution is 2.25. The molecule has 0 aromatic carbocycles. The maximum absolute atomic E-state index is 9.72. The molecule has 0 bridgehead atoms. The van der Waals surface area contributed by atoms with Gasteiger partial charge >= 0.3 is 0 Å². The fourth-order valence-electron chi connectivity index (χ4n) is 2.01. The predicted molar refractivity (Wildman–Crippen MR) is 73.6 cm³/mol. The lowest BCUT2D eigenvalue weighted by Gasteiger charge is -2.34. The van der Waals surface area contributed by atoms with E-state index in [-0.39, 0.29) is 6.61 Å². The molecule has 1 aliphatic rings. The van der Waals surface area contributed by atoms with Crippen LogP contribution in [0.25, 0.3) is 0 Å². The minimum Gasteiger partial charge on any atom is -0.388 e. The molecule has 0 amide bonds. The van der Waals surface area contributed by atoms with Gasteiger partial charge in [0.25, 0.3) is 0 Å². The topological polar surface area (TPSA) is 69.9 Å². The van der Waals surface area contributed by atoms with Crippen LogP contribution in [0.15, 0.2) is 0 Å². The monoisotopic (exact) mass is 278 g/mol. The van der Waals surface area contributed by atoms with E-state index in [1.807, 2.05) is 0 Å². The van der Waals surface area contributed by atoms with E-state index in [0.29, 0.717) is 0 Å². The first-order valence-corrected chi connectivity index (χ1v) is 7.99. The molecule has 0 aromatic heterocycles. The fraction of sp³-hybridized carbons (Fsp3) is 1.00. The van der Waals surface area contributed by atoms with E-state index < -0.39 is 23.7 Å². The highest BCUT2D eigenvalue weighted by molar-refractivity contribution is 7.99. The van der Waals surface area contributed by atoms with Crippen molar-refractivity contribution in [2.75, 3.05) is 12.4 Å². The van der Waals surface area contributed by atoms with Gasteiger partial charge < -0.3 is 20.1 Å². The molecule has 1 saturated heterocycles. The number of hydrogen-bond donors (Lipinski definition) is 3. The minimum absolute atomic E-state index is 0.104. The van der Waals surface area contributed by atoms with Crippen LogP contribution in [0.5, 0.6) is 0 Å². The minimum atomic E-state index is -1.08. The van der Waals surface area contributed by atoms with E-state index in [9.17, 15) is 15.3 Å². The van der Waals surface area contributed by atoms with Gasteiger partial charge in [-0.3, -0.25) is 0 Å². The number of ether oxygens (including phenoxy) is 1. The van der Waals surface area contributed by atoms with Crippen molar-refractivity contribution in [1.29, 1.82) is 0 Å². The Bertz CT molecular complexity index is 215. The molecule has 4 atom stereocenters. The highest BCUT2D eigenvalue weighted by Gasteiger charge is 2.37. The molecule has 1 heterocycles. The third-order valence-corrected chi connectivity index (χ3v) is 4.50. The molecule has 0 aliphatic carbocycles. The molecule has 1 fully saturated rings. The average molecular weight is 278 g/mol. The zero-order valence-corrected chi connectivity index (χ0v) is 11.9. The number of thioether (sulfide) groups is 1. The van der Waals surface area contributed by atoms with E-state index in [0.717, 1.165) is 12.2 Å². The fourth-order valence-corrected chi connectivity index (χ4v) is 3.14. The molecule has 108 valence electrons. The van der Waals surface area contributed by atoms with Crippen LogP contribution in [0.1, 0.15) is 45.4 Å². The molecule has 1 aliphatic heterocycles. The zero-order chi connectivity index (χ0) is 13.4. The van der Waals surface area contributed by atoms with Gasteiger partial charge in [0.2, 0.25) is 0 Å². The van der Waals surface area contributed by atoms with Crippen LogP contribution in [0.3, 0.4) is 0 Å². The van der Waals surface area contributed by atoms with Crippen LogP contribution < -0.4 is 0 Å². The summed E-state index contributed by atoms with van der Waals surface area (Å²) in [6.45, 7) is 2.31. The Balaban J connectivity index is 2.05. The quantitative estimate of drug-likeness (QED) is 0.587. The van der Waals surface area contributed by atoms with Gasteiger partial charge in [0, 0.05) is 0 Å². The second-order valence-electron chi connectivity index (χ2n) is 4.89. The largest absolute Gasteiger partial charge is 0.388 e. The summed E-state index contributed by atoms with van der Waals surface area (Å²) in [5, 5.41) is 28.6. The number of aliphatic hydroxyl groups is 3. The lowest BCUT2D eigenvalue weighted by atomic mass is 10.1. The summed E-state index contributed by atoms with van der Waals surface area (Å²) in [5.41, 5.74) is -0.404. The Morgan fingerprint density at radius 1 is 1.00 bits per heavy atom. The Labute approximate surface area is 114 Å². The van der Waals surface area contributed by atoms with Crippen molar-refractivity contribution in [1.82, 2.24) is 0 Å². The first-order chi connectivity index (χ1) is 8.66. The van der Waals surface area contributed by atoms with E-state index in [2.05, 4.69) is 6.92 Å². The summed E-state index contributed by atoms with van der Waals surface area (Å²) in [6, 6.07) is 0. The molecular formula is C13H26O4S. The molecule has 1 rings (SSSR count). The van der Waals surface area contributed by atoms with Crippen LogP contribution in [-0.2, 0) is 4.74 Å². The van der Waals surface area contributed by atoms with Crippen molar-refractivity contribution in [3.63, 3.8) is 0 Å². The van der Waals surface area contributed by atoms with Crippen LogP contribution in [0, 0.1) is 0 Å². The Hall–Kier alpha value is 0.190. The van der Waals surface area contributed by atoms with Crippen LogP contribution >= 0.6 is 11.8 Å². The molecule has 0 spiro atoms. The maximum Gasteiger partial charge on any atom is 0.131 e. The SMILES string of the molecule is CCCCCCCCS[C@H]1OC[C@@H](O)[C@H](O)[C@H]1O. The van der Waals surface area contributed by atoms with Gasteiger partial charge in [0.1, 0.15) is 23.7 Å². The van der Waals surface area contributed by atoms with Crippen LogP contribution in [-0.4, -0.2) is 51.4 Å². The van der Waals surface area contributed by atoms with Crippen LogP contribution in [0.4, 0.5) is 0 Å². The third kappa shape index (κ3) is 5.45. The second kappa shape index (κ2) is 9.15. The first-order valence-electron chi connectivity index (χ1n) is 6.94. The van der Waals surface area contributed by atoms with E-state index >= 15 is 0 Å². The van der Waals surface area contributed by atoms with Crippen molar-refractivity contribution in [3.05, 3.63) is 0 Å². The zero-order valence-electron chi connectivity index (χ0n) is 11.1. The van der Waals surface area contributed by atoms with Gasteiger partial charge in [0.05, 0.1) is 6.61 Å². The van der Waals surface area contributed by atoms with Crippen molar-refractivity contribution in [2.45, 2.75) is 69.2 Å². The summed E-state index contributed by atoms with van der Waals surface area (Å²) in [5.74, 6) is 0.927. The highest BCUT2D eigenvalue weighted by atomic mass is 32.2. The third-order valence-electron chi connectivity index (χ3n) is 3.23. The summed E-state index contributed by atoms with van der Waals surface area (Å²) in [6.07, 6.45) is 4.42. The molecule has 0 saturated carbocycles. The molecule has 4 nitrogen and oxygen atoms in total. The molecule has 3 N–H and O–H groups in total. The summed E-state index contributed by atoms with van der Waals surface area (Å²) >= 11 is 1.53. The molecule has 18 heavy (non-hydrogen) atoms. The second-order valence-corrected chi connectivity index (χ2v) is 6.10. The van der Waals surface area contributed by atoms with Crippen molar-refractivity contribution < 1.29 is 20.1 Å². The van der Waals surface area contributed by atoms with Gasteiger partial charge in [-0.05, 0) is 12.2 Å². The molecule has 0 unspecified atom stereocenters. The number of aliphatic hydroxyl groups excluding tert-OH is 3. The van der Waals surface area contributed by atoms with Gasteiger partial charge in [-0.1, -0.05) is 39.0 Å². The van der Waals surface area contributed by atoms with E-state index in [4.69, 9.17) is 4.74 Å². The van der Waals surface area contributed by atoms with E-state index in [1.165, 1.54) is 43.9 Å². The Kier molecular flexibility index (Phi) is 8.26. The van der Waals surface area contributed by atoms with Gasteiger partial charge in [0.15, 0.2) is 0 Å². The molecule has 0 aromatic rings. The van der Waals surface area contributed by atoms with Crippen molar-refractivity contribution in [2.24, 2.45) is 0 Å². The smallest absolute Gasteiger partial charge is 0.131 e. The van der Waals surface area contributed by atoms with Gasteiger partial charge in [-0.15, -0.1) is 11.8 Å². The Morgan fingerprint density at radius 3 is 2.39 bits per heavy atom. The number of hydrogen-bond acceptors (Lipinski definition) is 5. The van der Waals surface area contributed by atoms with Crippen LogP contribution in [0.2, 0.25) is 0 Å². The standard InChI is InChI=1S/C13H26O4S/c1-2-3-4-5-6-7-8-18-13-12(16)11(15)10(14)9-17-13/h10-16H,2-9H2,1H3/t10-,11+,12-,13-/m1/s1. The van der Waals surface area contributed by atoms with Gasteiger partial charge in [-0.2, -0.15) is 0 Å². The molecule has 5 heteroatoms. The first kappa shape index (κ1) is 16.2. The van der Waals surface area contributed by atoms with Crippen molar-refractivity contribution in [3.8, 4) is 0 Å².